The van der Waals surface area contributed by atoms with Crippen molar-refractivity contribution in [2.45, 2.75) is 0 Å². The van der Waals surface area contributed by atoms with E-state index in [1.165, 1.54) is 16.2 Å². The number of hydrogen-bond donors (Lipinski definition) is 0. The first kappa shape index (κ1) is 43.0. The van der Waals surface area contributed by atoms with E-state index < -0.39 is 10.2 Å². The van der Waals surface area contributed by atoms with E-state index >= 15 is 0 Å². The monoisotopic (exact) mass is 556 g/mol. The fraction of sp³-hybridized carbons (Fsp3) is 0. The van der Waals surface area contributed by atoms with E-state index in [0.29, 0.717) is 0 Å². The average molecular weight is 555 g/mol. The van der Waals surface area contributed by atoms with Crippen LogP contribution in [0.5, 0.6) is 0 Å². The van der Waals surface area contributed by atoms with Gasteiger partial charge < -0.3 is 68.5 Å². The molecule has 0 aromatic carbocycles. The Morgan fingerprint density at radius 3 is 0.737 bits per heavy atom. The Bertz CT molecular complexity index is 253. The summed E-state index contributed by atoms with van der Waals surface area (Å²) in [5, 5.41) is 54.9. The average Bonchev–Trinajstić information content (AvgIpc) is 2.03. The van der Waals surface area contributed by atoms with Crippen LogP contribution in [0.1, 0.15) is 0 Å². The van der Waals surface area contributed by atoms with Crippen LogP contribution in [0.15, 0.2) is 0 Å². The molecule has 0 aliphatic carbocycles. The Morgan fingerprint density at radius 2 is 0.737 bits per heavy atom. The van der Waals surface area contributed by atoms with Crippen LogP contribution in [0.3, 0.4) is 0 Å². The van der Waals surface area contributed by atoms with Crippen molar-refractivity contribution in [2.75, 3.05) is 0 Å². The van der Waals surface area contributed by atoms with Gasteiger partial charge in [0.05, 0.1) is 10.2 Å². The Labute approximate surface area is 154 Å². The molecule has 0 saturated heterocycles. The van der Waals surface area contributed by atoms with Gasteiger partial charge in [-0.05, 0) is 0 Å². The maximum Gasteiger partial charge on any atom is 3.00 e. The fourth-order valence-electron chi connectivity index (χ4n) is 0. The van der Waals surface area contributed by atoms with Gasteiger partial charge in [0.1, 0.15) is 0 Å². The first-order chi connectivity index (χ1) is 7.71. The van der Waals surface area contributed by atoms with Gasteiger partial charge >= 0.3 is 44.7 Å². The molecular formula is C3FeHgN5O6S3. The molecule has 11 nitrogen and oxygen atoms in total. The molecule has 16 heteroatoms. The first-order valence-electron chi connectivity index (χ1n) is 2.38. The third-order valence-corrected chi connectivity index (χ3v) is 0. The van der Waals surface area contributed by atoms with Crippen LogP contribution in [0.2, 0.25) is 0 Å². The zero-order valence-electron chi connectivity index (χ0n) is 8.47. The molecule has 0 saturated carbocycles. The van der Waals surface area contributed by atoms with Gasteiger partial charge in [-0.3, -0.25) is 0 Å². The van der Waals surface area contributed by atoms with Crippen LogP contribution in [0.25, 0.3) is 0 Å². The van der Waals surface area contributed by atoms with Crippen LogP contribution in [-0.2, 0) is 82.6 Å². The van der Waals surface area contributed by atoms with Crippen molar-refractivity contribution in [2.24, 2.45) is 0 Å². The van der Waals surface area contributed by atoms with E-state index in [2.05, 4.69) is 37.9 Å². The van der Waals surface area contributed by atoms with Gasteiger partial charge in [0, 0.05) is 0 Å². The van der Waals surface area contributed by atoms with Gasteiger partial charge in [0.2, 0.25) is 0 Å². The molecule has 0 fully saturated rings. The van der Waals surface area contributed by atoms with E-state index in [4.69, 9.17) is 46.4 Å². The summed E-state index contributed by atoms with van der Waals surface area (Å²) in [5.74, 6) is 0. The number of hydrogen-bond acceptors (Lipinski definition) is 12. The summed E-state index contributed by atoms with van der Waals surface area (Å²) in [4.78, 5) is 16.5. The molecule has 0 heterocycles. The SMILES string of the molecule is N#C[S-].N#C[S-].N#C[S-].O=[N+]([O-])[O-].O=[N+]([O-])[O-].[Fe+3].[Hg+2]. The van der Waals surface area contributed by atoms with Gasteiger partial charge in [0.15, 0.2) is 0 Å². The molecule has 0 unspecified atom stereocenters. The maximum atomic E-state index is 8.25. The molecule has 0 bridgehead atoms. The summed E-state index contributed by atoms with van der Waals surface area (Å²) in [7, 11) is 0. The molecule has 19 heavy (non-hydrogen) atoms. The maximum absolute atomic E-state index is 8.25. The summed E-state index contributed by atoms with van der Waals surface area (Å²) in [6.07, 6.45) is 0. The summed E-state index contributed by atoms with van der Waals surface area (Å²) in [6, 6.07) is 0. The second kappa shape index (κ2) is 68.1. The summed E-state index contributed by atoms with van der Waals surface area (Å²) in [6.45, 7) is 0. The van der Waals surface area contributed by atoms with Crippen LogP contribution < -0.4 is 0 Å². The molecule has 0 aromatic heterocycles. The van der Waals surface area contributed by atoms with Crippen LogP contribution in [-0.4, -0.2) is 10.2 Å². The van der Waals surface area contributed by atoms with Crippen molar-refractivity contribution in [3.63, 3.8) is 0 Å². The zero-order chi connectivity index (χ0) is 15.3. The molecule has 0 spiro atoms. The van der Waals surface area contributed by atoms with Gasteiger partial charge in [-0.15, -0.1) is 0 Å². The number of thiocyanates is 3. The standard InChI is InChI=1S/3CHNS.Fe.Hg.2NO3/c3*2-1-3;;;2*2-1(3)4/h3*3H;;;;/q;;;+3;+2;2*-1/p-3. The largest absolute Gasteiger partial charge is 3.00 e. The second-order valence-corrected chi connectivity index (χ2v) is 1.27. The Hall–Kier alpha value is -1.02. The molecular weight excluding hydrogens is 555 g/mol. The van der Waals surface area contributed by atoms with E-state index in [9.17, 15) is 0 Å². The predicted molar refractivity (Wildman–Crippen MR) is 59.7 cm³/mol. The topological polar surface area (TPSA) is 204 Å². The molecule has 0 aliphatic rings. The first-order valence-corrected chi connectivity index (χ1v) is 3.60. The fourth-order valence-corrected chi connectivity index (χ4v) is 0. The van der Waals surface area contributed by atoms with Gasteiger partial charge in [-0.1, -0.05) is 16.2 Å². The van der Waals surface area contributed by atoms with Crippen molar-refractivity contribution < 1.29 is 54.9 Å². The smallest absolute Gasteiger partial charge is 0.696 e. The predicted octanol–water partition coefficient (Wildman–Crippen LogP) is -0.440. The second-order valence-electron chi connectivity index (χ2n) is 0.721. The van der Waals surface area contributed by atoms with Crippen molar-refractivity contribution in [1.29, 1.82) is 15.8 Å². The summed E-state index contributed by atoms with van der Waals surface area (Å²) >= 11 is 11.1. The van der Waals surface area contributed by atoms with Gasteiger partial charge in [-0.25, -0.2) is 15.8 Å². The third kappa shape index (κ3) is 3700. The molecule has 0 atom stereocenters. The van der Waals surface area contributed by atoms with Crippen molar-refractivity contribution in [1.82, 2.24) is 0 Å². The molecule has 1 radical (unpaired) electrons. The summed E-state index contributed by atoms with van der Waals surface area (Å²) in [5.41, 5.74) is 0. The van der Waals surface area contributed by atoms with E-state index in [0.717, 1.165) is 0 Å². The van der Waals surface area contributed by atoms with Crippen molar-refractivity contribution >= 4 is 37.9 Å². The van der Waals surface area contributed by atoms with Crippen LogP contribution in [0.4, 0.5) is 0 Å². The zero-order valence-corrected chi connectivity index (χ0v) is 17.5. The minimum absolute atomic E-state index is 0. The van der Waals surface area contributed by atoms with Crippen molar-refractivity contribution in [3.05, 3.63) is 30.6 Å². The quantitative estimate of drug-likeness (QED) is 0.123. The molecule has 0 aromatic rings. The van der Waals surface area contributed by atoms with Gasteiger partial charge in [0.25, 0.3) is 0 Å². The van der Waals surface area contributed by atoms with Crippen LogP contribution >= 0.6 is 0 Å². The van der Waals surface area contributed by atoms with E-state index in [1.54, 1.807) is 0 Å². The minimum atomic E-state index is -1.75. The molecule has 0 N–H and O–H groups in total. The van der Waals surface area contributed by atoms with E-state index in [1.807, 2.05) is 0 Å². The number of rotatable bonds is 0. The molecule has 0 aliphatic heterocycles. The Morgan fingerprint density at radius 1 is 0.737 bits per heavy atom. The summed E-state index contributed by atoms with van der Waals surface area (Å²) < 4.78 is 0. The molecule has 0 amide bonds. The van der Waals surface area contributed by atoms with Gasteiger partial charge in [-0.2, -0.15) is 0 Å². The normalized spacial score (nSPS) is 3.63. The van der Waals surface area contributed by atoms with Crippen molar-refractivity contribution in [3.8, 4) is 16.2 Å². The van der Waals surface area contributed by atoms with Crippen LogP contribution in [0, 0.1) is 62.6 Å². The Kier molecular flexibility index (Phi) is 154. The van der Waals surface area contributed by atoms with E-state index in [-0.39, 0.29) is 44.7 Å². The Balaban J connectivity index is -0.0000000186. The number of nitrogens with zero attached hydrogens (tertiary/aromatic N) is 5. The third-order valence-electron chi connectivity index (χ3n) is 0. The number of nitriles is 3. The molecule has 0 rings (SSSR count). The molecule has 101 valence electrons. The minimum Gasteiger partial charge on any atom is -0.696 e.